The maximum absolute atomic E-state index is 13.7. The summed E-state index contributed by atoms with van der Waals surface area (Å²) in [4.78, 5) is 31.4. The van der Waals surface area contributed by atoms with Crippen molar-refractivity contribution in [2.75, 3.05) is 19.6 Å². The average Bonchev–Trinajstić information content (AvgIpc) is 3.14. The monoisotopic (exact) mass is 438 g/mol. The van der Waals surface area contributed by atoms with E-state index in [2.05, 4.69) is 5.32 Å². The number of para-hydroxylation sites is 2. The number of benzene rings is 2. The van der Waals surface area contributed by atoms with Crippen LogP contribution < -0.4 is 5.32 Å². The Morgan fingerprint density at radius 3 is 2.47 bits per heavy atom. The number of fused-ring (bicyclic) bond motifs is 1. The molecular formula is C25H31FN4O2. The highest BCUT2D eigenvalue weighted by atomic mass is 19.1. The number of hydrogen-bond donors (Lipinski definition) is 1. The molecule has 0 fully saturated rings. The molecule has 2 aromatic carbocycles. The molecule has 0 bridgehead atoms. The van der Waals surface area contributed by atoms with Gasteiger partial charge >= 0.3 is 0 Å². The lowest BCUT2D eigenvalue weighted by Crippen LogP contribution is -2.33. The first-order valence-electron chi connectivity index (χ1n) is 11.3. The average molecular weight is 439 g/mol. The molecule has 3 rings (SSSR count). The van der Waals surface area contributed by atoms with Crippen LogP contribution in [0, 0.1) is 5.82 Å². The van der Waals surface area contributed by atoms with Crippen LogP contribution in [-0.4, -0.2) is 45.9 Å². The van der Waals surface area contributed by atoms with Crippen LogP contribution in [0.15, 0.2) is 48.5 Å². The van der Waals surface area contributed by atoms with Gasteiger partial charge in [-0.1, -0.05) is 30.7 Å². The van der Waals surface area contributed by atoms with E-state index in [9.17, 15) is 14.0 Å². The molecule has 0 aliphatic heterocycles. The maximum atomic E-state index is 13.7. The van der Waals surface area contributed by atoms with Gasteiger partial charge in [-0.3, -0.25) is 9.59 Å². The third-order valence-electron chi connectivity index (χ3n) is 5.62. The Morgan fingerprint density at radius 2 is 1.72 bits per heavy atom. The number of carbonyl (C=O) groups is 2. The summed E-state index contributed by atoms with van der Waals surface area (Å²) >= 11 is 0. The van der Waals surface area contributed by atoms with Gasteiger partial charge in [0, 0.05) is 26.1 Å². The van der Waals surface area contributed by atoms with Crippen molar-refractivity contribution in [1.29, 1.82) is 0 Å². The molecule has 0 saturated carbocycles. The van der Waals surface area contributed by atoms with E-state index in [1.54, 1.807) is 12.1 Å². The van der Waals surface area contributed by atoms with Crippen molar-refractivity contribution in [2.45, 2.75) is 46.1 Å². The topological polar surface area (TPSA) is 67.2 Å². The lowest BCUT2D eigenvalue weighted by Gasteiger charge is -2.20. The molecule has 0 saturated heterocycles. The van der Waals surface area contributed by atoms with Crippen molar-refractivity contribution < 1.29 is 14.0 Å². The highest BCUT2D eigenvalue weighted by Gasteiger charge is 2.16. The van der Waals surface area contributed by atoms with Gasteiger partial charge in [-0.2, -0.15) is 0 Å². The van der Waals surface area contributed by atoms with Crippen LogP contribution in [-0.2, 0) is 17.8 Å². The van der Waals surface area contributed by atoms with Crippen LogP contribution in [0.4, 0.5) is 4.39 Å². The number of nitrogens with zero attached hydrogens (tertiary/aromatic N) is 3. The molecule has 32 heavy (non-hydrogen) atoms. The van der Waals surface area contributed by atoms with Gasteiger partial charge in [-0.15, -0.1) is 0 Å². The highest BCUT2D eigenvalue weighted by Crippen LogP contribution is 2.18. The van der Waals surface area contributed by atoms with E-state index in [1.165, 1.54) is 12.1 Å². The molecular weight excluding hydrogens is 407 g/mol. The van der Waals surface area contributed by atoms with E-state index >= 15 is 0 Å². The van der Waals surface area contributed by atoms with Gasteiger partial charge in [-0.25, -0.2) is 9.37 Å². The minimum atomic E-state index is -0.511. The Labute approximate surface area is 188 Å². The van der Waals surface area contributed by atoms with Gasteiger partial charge in [0.15, 0.2) is 0 Å². The number of imidazole rings is 1. The highest BCUT2D eigenvalue weighted by molar-refractivity contribution is 5.94. The number of aryl methyl sites for hydroxylation is 1. The number of likely N-dealkylation sites (N-methyl/N-ethyl adjacent to an activating group) is 1. The zero-order chi connectivity index (χ0) is 22.9. The Morgan fingerprint density at radius 1 is 1.00 bits per heavy atom. The zero-order valence-corrected chi connectivity index (χ0v) is 18.8. The van der Waals surface area contributed by atoms with Crippen molar-refractivity contribution in [2.24, 2.45) is 0 Å². The second-order valence-electron chi connectivity index (χ2n) is 7.72. The first-order valence-corrected chi connectivity index (χ1v) is 11.3. The summed E-state index contributed by atoms with van der Waals surface area (Å²) in [5, 5.41) is 2.77. The number of rotatable bonds is 11. The van der Waals surface area contributed by atoms with E-state index in [0.29, 0.717) is 19.6 Å². The van der Waals surface area contributed by atoms with Gasteiger partial charge in [0.1, 0.15) is 18.2 Å². The van der Waals surface area contributed by atoms with Crippen molar-refractivity contribution in [1.82, 2.24) is 19.8 Å². The Hall–Kier alpha value is -3.22. The van der Waals surface area contributed by atoms with Crippen molar-refractivity contribution >= 4 is 22.8 Å². The SMILES string of the molecule is CCN(CC)C(=O)Cn1c(CCCCCNC(=O)c2ccccc2F)nc2ccccc21. The molecule has 170 valence electrons. The summed E-state index contributed by atoms with van der Waals surface area (Å²) in [5.74, 6) is 0.0975. The predicted octanol–water partition coefficient (Wildman–Crippen LogP) is 4.19. The van der Waals surface area contributed by atoms with Crippen LogP contribution >= 0.6 is 0 Å². The molecule has 1 N–H and O–H groups in total. The number of nitrogens with one attached hydrogen (secondary N) is 1. The van der Waals surface area contributed by atoms with Crippen LogP contribution in [0.1, 0.15) is 49.3 Å². The maximum Gasteiger partial charge on any atom is 0.254 e. The predicted molar refractivity (Wildman–Crippen MR) is 124 cm³/mol. The summed E-state index contributed by atoms with van der Waals surface area (Å²) in [6, 6.07) is 13.9. The van der Waals surface area contributed by atoms with Crippen molar-refractivity contribution in [3.8, 4) is 0 Å². The van der Waals surface area contributed by atoms with Gasteiger partial charge in [-0.05, 0) is 51.0 Å². The standard InChI is InChI=1S/C25H31FN4O2/c1-3-29(4-2)24(31)18-30-22-15-10-9-14-21(22)28-23(30)16-6-5-11-17-27-25(32)19-12-7-8-13-20(19)26/h7-10,12-15H,3-6,11,16-18H2,1-2H3,(H,27,32). The number of hydrogen-bond acceptors (Lipinski definition) is 3. The molecule has 0 atom stereocenters. The zero-order valence-electron chi connectivity index (χ0n) is 18.8. The summed E-state index contributed by atoms with van der Waals surface area (Å²) in [7, 11) is 0. The van der Waals surface area contributed by atoms with Gasteiger partial charge in [0.25, 0.3) is 5.91 Å². The Kier molecular flexibility index (Phi) is 8.36. The van der Waals surface area contributed by atoms with Crippen molar-refractivity contribution in [3.05, 3.63) is 65.7 Å². The number of halogens is 1. The molecule has 0 aliphatic carbocycles. The summed E-state index contributed by atoms with van der Waals surface area (Å²) in [5.41, 5.74) is 1.94. The molecule has 3 aromatic rings. The van der Waals surface area contributed by atoms with Crippen LogP contribution in [0.25, 0.3) is 11.0 Å². The number of unbranched alkanes of at least 4 members (excludes halogenated alkanes) is 2. The minimum absolute atomic E-state index is 0.0686. The quantitative estimate of drug-likeness (QED) is 0.457. The van der Waals surface area contributed by atoms with Gasteiger partial charge in [0.05, 0.1) is 16.6 Å². The van der Waals surface area contributed by atoms with E-state index in [4.69, 9.17) is 4.98 Å². The van der Waals surface area contributed by atoms with E-state index < -0.39 is 5.82 Å². The first kappa shape index (κ1) is 23.4. The second-order valence-corrected chi connectivity index (χ2v) is 7.72. The third-order valence-corrected chi connectivity index (χ3v) is 5.62. The lowest BCUT2D eigenvalue weighted by molar-refractivity contribution is -0.131. The third kappa shape index (κ3) is 5.72. The fraction of sp³-hybridized carbons (Fsp3) is 0.400. The van der Waals surface area contributed by atoms with Gasteiger partial charge in [0.2, 0.25) is 5.91 Å². The normalized spacial score (nSPS) is 11.0. The fourth-order valence-corrected chi connectivity index (χ4v) is 3.83. The number of aromatic nitrogens is 2. The Bertz CT molecular complexity index is 1060. The summed E-state index contributed by atoms with van der Waals surface area (Å²) in [6.45, 7) is 6.13. The van der Waals surface area contributed by atoms with Gasteiger partial charge < -0.3 is 14.8 Å². The van der Waals surface area contributed by atoms with E-state index in [-0.39, 0.29) is 23.9 Å². The van der Waals surface area contributed by atoms with E-state index in [0.717, 1.165) is 42.5 Å². The lowest BCUT2D eigenvalue weighted by atomic mass is 10.1. The molecule has 0 unspecified atom stereocenters. The van der Waals surface area contributed by atoms with E-state index in [1.807, 2.05) is 47.6 Å². The molecule has 6 nitrogen and oxygen atoms in total. The molecule has 2 amide bonds. The number of carbonyl (C=O) groups excluding carboxylic acids is 2. The summed E-state index contributed by atoms with van der Waals surface area (Å²) < 4.78 is 15.7. The van der Waals surface area contributed by atoms with Crippen LogP contribution in [0.2, 0.25) is 0 Å². The minimum Gasteiger partial charge on any atom is -0.352 e. The van der Waals surface area contributed by atoms with Crippen LogP contribution in [0.5, 0.6) is 0 Å². The smallest absolute Gasteiger partial charge is 0.254 e. The summed E-state index contributed by atoms with van der Waals surface area (Å²) in [6.07, 6.45) is 3.32. The van der Waals surface area contributed by atoms with Crippen molar-refractivity contribution in [3.63, 3.8) is 0 Å². The second kappa shape index (κ2) is 11.4. The molecule has 0 aliphatic rings. The molecule has 7 heteroatoms. The first-order chi connectivity index (χ1) is 15.5. The molecule has 1 heterocycles. The molecule has 1 aromatic heterocycles. The van der Waals surface area contributed by atoms with Crippen LogP contribution in [0.3, 0.4) is 0 Å². The molecule has 0 radical (unpaired) electrons. The number of amides is 2. The largest absolute Gasteiger partial charge is 0.352 e. The molecule has 0 spiro atoms. The fourth-order valence-electron chi connectivity index (χ4n) is 3.83. The Balaban J connectivity index is 1.54.